The summed E-state index contributed by atoms with van der Waals surface area (Å²) in [6.45, 7) is 2.56. The standard InChI is InChI=1S/C18H20FN3O2/c1-12(23)10-20-18-21-15-5-3-4-6-16(15)22(18)11-13-7-8-17(24-2)14(19)9-13/h3-9,12,23H,10-11H2,1-2H3,(H,20,21). The lowest BCUT2D eigenvalue weighted by Gasteiger charge is -2.12. The number of rotatable bonds is 6. The van der Waals surface area contributed by atoms with E-state index in [0.29, 0.717) is 19.0 Å². The van der Waals surface area contributed by atoms with Gasteiger partial charge in [-0.2, -0.15) is 0 Å². The Hall–Kier alpha value is -2.60. The zero-order valence-corrected chi connectivity index (χ0v) is 13.7. The Morgan fingerprint density at radius 1 is 1.29 bits per heavy atom. The van der Waals surface area contributed by atoms with Crippen LogP contribution < -0.4 is 10.1 Å². The van der Waals surface area contributed by atoms with Crippen molar-refractivity contribution in [1.82, 2.24) is 9.55 Å². The first-order chi connectivity index (χ1) is 11.6. The predicted molar refractivity (Wildman–Crippen MR) is 92.0 cm³/mol. The molecule has 6 heteroatoms. The van der Waals surface area contributed by atoms with Crippen molar-refractivity contribution < 1.29 is 14.2 Å². The van der Waals surface area contributed by atoms with Gasteiger partial charge in [0.2, 0.25) is 5.95 Å². The predicted octanol–water partition coefficient (Wildman–Crippen LogP) is 3.03. The van der Waals surface area contributed by atoms with Gasteiger partial charge in [0.25, 0.3) is 0 Å². The molecule has 3 rings (SSSR count). The number of fused-ring (bicyclic) bond motifs is 1. The summed E-state index contributed by atoms with van der Waals surface area (Å²) < 4.78 is 20.9. The molecule has 0 fully saturated rings. The van der Waals surface area contributed by atoms with Crippen LogP contribution in [0.3, 0.4) is 0 Å². The van der Waals surface area contributed by atoms with Gasteiger partial charge in [-0.25, -0.2) is 9.37 Å². The molecule has 1 heterocycles. The van der Waals surface area contributed by atoms with Gasteiger partial charge < -0.3 is 19.7 Å². The molecule has 2 N–H and O–H groups in total. The van der Waals surface area contributed by atoms with E-state index in [1.807, 2.05) is 34.9 Å². The first kappa shape index (κ1) is 16.3. The summed E-state index contributed by atoms with van der Waals surface area (Å²) in [5.41, 5.74) is 2.60. The van der Waals surface area contributed by atoms with Gasteiger partial charge in [-0.15, -0.1) is 0 Å². The van der Waals surface area contributed by atoms with Gasteiger partial charge >= 0.3 is 0 Å². The average Bonchev–Trinajstić information content (AvgIpc) is 2.91. The van der Waals surface area contributed by atoms with E-state index >= 15 is 0 Å². The van der Waals surface area contributed by atoms with Gasteiger partial charge in [0.05, 0.1) is 30.8 Å². The van der Waals surface area contributed by atoms with Crippen LogP contribution in [0.4, 0.5) is 10.3 Å². The summed E-state index contributed by atoms with van der Waals surface area (Å²) in [6.07, 6.45) is -0.489. The summed E-state index contributed by atoms with van der Waals surface area (Å²) >= 11 is 0. The zero-order chi connectivity index (χ0) is 17.1. The van der Waals surface area contributed by atoms with Crippen LogP contribution in [-0.4, -0.2) is 34.4 Å². The van der Waals surface area contributed by atoms with Crippen molar-refractivity contribution in [1.29, 1.82) is 0 Å². The lowest BCUT2D eigenvalue weighted by Crippen LogP contribution is -2.18. The number of methoxy groups -OCH3 is 1. The Bertz CT molecular complexity index is 845. The second-order valence-corrected chi connectivity index (χ2v) is 5.71. The van der Waals surface area contributed by atoms with Gasteiger partial charge in [-0.3, -0.25) is 0 Å². The number of imidazole rings is 1. The number of para-hydroxylation sites is 2. The molecule has 0 saturated carbocycles. The SMILES string of the molecule is COc1ccc(Cn2c(NCC(C)O)nc3ccccc32)cc1F. The maximum atomic E-state index is 13.9. The highest BCUT2D eigenvalue weighted by molar-refractivity contribution is 5.78. The Kier molecular flexibility index (Phi) is 4.66. The molecule has 24 heavy (non-hydrogen) atoms. The number of halogens is 1. The molecule has 0 saturated heterocycles. The van der Waals surface area contributed by atoms with Crippen LogP contribution in [0.2, 0.25) is 0 Å². The summed E-state index contributed by atoms with van der Waals surface area (Å²) in [6, 6.07) is 12.7. The van der Waals surface area contributed by atoms with Crippen LogP contribution in [0, 0.1) is 5.82 Å². The topological polar surface area (TPSA) is 59.3 Å². The second-order valence-electron chi connectivity index (χ2n) is 5.71. The van der Waals surface area contributed by atoms with Crippen molar-refractivity contribution in [3.05, 3.63) is 53.8 Å². The van der Waals surface area contributed by atoms with E-state index < -0.39 is 11.9 Å². The van der Waals surface area contributed by atoms with Crippen LogP contribution in [0.25, 0.3) is 11.0 Å². The summed E-state index contributed by atoms with van der Waals surface area (Å²) in [7, 11) is 1.44. The Morgan fingerprint density at radius 2 is 2.08 bits per heavy atom. The third kappa shape index (κ3) is 3.33. The fourth-order valence-electron chi connectivity index (χ4n) is 2.60. The van der Waals surface area contributed by atoms with Crippen LogP contribution in [0.15, 0.2) is 42.5 Å². The van der Waals surface area contributed by atoms with E-state index in [-0.39, 0.29) is 5.75 Å². The molecule has 1 atom stereocenters. The first-order valence-corrected chi connectivity index (χ1v) is 7.78. The fourth-order valence-corrected chi connectivity index (χ4v) is 2.60. The molecule has 0 bridgehead atoms. The van der Waals surface area contributed by atoms with Crippen LogP contribution in [0.5, 0.6) is 5.75 Å². The molecule has 0 aliphatic carbocycles. The minimum absolute atomic E-state index is 0.224. The third-order valence-electron chi connectivity index (χ3n) is 3.77. The molecule has 5 nitrogen and oxygen atoms in total. The van der Waals surface area contributed by atoms with Gasteiger partial charge in [0.15, 0.2) is 11.6 Å². The Morgan fingerprint density at radius 3 is 2.79 bits per heavy atom. The van der Waals surface area contributed by atoms with Gasteiger partial charge in [-0.05, 0) is 36.8 Å². The number of anilines is 1. The molecule has 126 valence electrons. The number of hydrogen-bond donors (Lipinski definition) is 2. The lowest BCUT2D eigenvalue weighted by molar-refractivity contribution is 0.208. The second kappa shape index (κ2) is 6.88. The molecule has 0 aliphatic heterocycles. The number of ether oxygens (including phenoxy) is 1. The van der Waals surface area contributed by atoms with E-state index in [2.05, 4.69) is 10.3 Å². The van der Waals surface area contributed by atoms with Crippen molar-refractivity contribution in [2.45, 2.75) is 19.6 Å². The fraction of sp³-hybridized carbons (Fsp3) is 0.278. The van der Waals surface area contributed by atoms with Crippen molar-refractivity contribution in [3.63, 3.8) is 0 Å². The zero-order valence-electron chi connectivity index (χ0n) is 13.7. The largest absolute Gasteiger partial charge is 0.494 e. The highest BCUT2D eigenvalue weighted by Crippen LogP contribution is 2.23. The molecule has 1 unspecified atom stereocenters. The summed E-state index contributed by atoms with van der Waals surface area (Å²) in [4.78, 5) is 4.56. The molecule has 0 amide bonds. The van der Waals surface area contributed by atoms with Crippen molar-refractivity contribution >= 4 is 17.0 Å². The summed E-state index contributed by atoms with van der Waals surface area (Å²) in [5.74, 6) is 0.480. The quantitative estimate of drug-likeness (QED) is 0.730. The van der Waals surface area contributed by atoms with Gasteiger partial charge in [0.1, 0.15) is 0 Å². The number of hydrogen-bond acceptors (Lipinski definition) is 4. The molecule has 3 aromatic rings. The van der Waals surface area contributed by atoms with E-state index in [4.69, 9.17) is 4.74 Å². The molecule has 0 spiro atoms. The van der Waals surface area contributed by atoms with E-state index in [0.717, 1.165) is 16.6 Å². The molecule has 0 aliphatic rings. The third-order valence-corrected chi connectivity index (χ3v) is 3.77. The van der Waals surface area contributed by atoms with Crippen molar-refractivity contribution in [2.24, 2.45) is 0 Å². The number of nitrogens with zero attached hydrogens (tertiary/aromatic N) is 2. The van der Waals surface area contributed by atoms with Crippen LogP contribution in [-0.2, 0) is 6.54 Å². The monoisotopic (exact) mass is 329 g/mol. The molecule has 1 aromatic heterocycles. The smallest absolute Gasteiger partial charge is 0.204 e. The minimum atomic E-state index is -0.489. The average molecular weight is 329 g/mol. The van der Waals surface area contributed by atoms with E-state index in [1.165, 1.54) is 13.2 Å². The Labute approximate surface area is 139 Å². The van der Waals surface area contributed by atoms with Crippen molar-refractivity contribution in [2.75, 3.05) is 19.0 Å². The first-order valence-electron chi connectivity index (χ1n) is 7.78. The minimum Gasteiger partial charge on any atom is -0.494 e. The maximum absolute atomic E-state index is 13.9. The molecular weight excluding hydrogens is 309 g/mol. The van der Waals surface area contributed by atoms with Crippen molar-refractivity contribution in [3.8, 4) is 5.75 Å². The summed E-state index contributed by atoms with van der Waals surface area (Å²) in [5, 5.41) is 12.6. The van der Waals surface area contributed by atoms with Crippen LogP contribution in [0.1, 0.15) is 12.5 Å². The molecule has 2 aromatic carbocycles. The van der Waals surface area contributed by atoms with E-state index in [9.17, 15) is 9.50 Å². The highest BCUT2D eigenvalue weighted by atomic mass is 19.1. The molecular formula is C18H20FN3O2. The van der Waals surface area contributed by atoms with Gasteiger partial charge in [0, 0.05) is 6.54 Å². The number of aromatic nitrogens is 2. The normalized spacial score (nSPS) is 12.3. The van der Waals surface area contributed by atoms with Gasteiger partial charge in [-0.1, -0.05) is 18.2 Å². The number of aliphatic hydroxyl groups excluding tert-OH is 1. The van der Waals surface area contributed by atoms with E-state index in [1.54, 1.807) is 13.0 Å². The highest BCUT2D eigenvalue weighted by Gasteiger charge is 2.12. The number of aliphatic hydroxyl groups is 1. The lowest BCUT2D eigenvalue weighted by atomic mass is 10.2. The Balaban J connectivity index is 1.97. The van der Waals surface area contributed by atoms with Crippen LogP contribution >= 0.6 is 0 Å². The molecule has 0 radical (unpaired) electrons. The maximum Gasteiger partial charge on any atom is 0.204 e. The number of nitrogens with one attached hydrogen (secondary N) is 1. The number of benzene rings is 2.